The van der Waals surface area contributed by atoms with E-state index >= 15 is 0 Å². The lowest BCUT2D eigenvalue weighted by Crippen LogP contribution is -2.21. The third-order valence-electron chi connectivity index (χ3n) is 3.57. The minimum absolute atomic E-state index is 0.201. The van der Waals surface area contributed by atoms with Gasteiger partial charge < -0.3 is 0 Å². The van der Waals surface area contributed by atoms with E-state index in [1.807, 2.05) is 0 Å². The molecule has 0 fully saturated rings. The lowest BCUT2D eigenvalue weighted by Gasteiger charge is -2.09. The van der Waals surface area contributed by atoms with Crippen LogP contribution < -0.4 is 5.56 Å². The number of nitrogens with zero attached hydrogens (tertiary/aromatic N) is 5. The maximum absolute atomic E-state index is 14.0. The smallest absolute Gasteiger partial charge is 0.266 e. The Morgan fingerprint density at radius 3 is 2.82 bits per heavy atom. The van der Waals surface area contributed by atoms with E-state index in [-0.39, 0.29) is 11.2 Å². The maximum atomic E-state index is 14.0. The number of aromatic nitrogens is 5. The van der Waals surface area contributed by atoms with E-state index in [9.17, 15) is 9.18 Å². The zero-order valence-corrected chi connectivity index (χ0v) is 11.6. The fourth-order valence-corrected chi connectivity index (χ4v) is 2.57. The predicted molar refractivity (Wildman–Crippen MR) is 78.6 cm³/mol. The van der Waals surface area contributed by atoms with Crippen molar-refractivity contribution in [2.24, 2.45) is 0 Å². The number of aryl methyl sites for hydroxylation is 1. The van der Waals surface area contributed by atoms with Crippen LogP contribution in [0.1, 0.15) is 5.69 Å². The van der Waals surface area contributed by atoms with E-state index in [1.165, 1.54) is 27.7 Å². The van der Waals surface area contributed by atoms with Crippen molar-refractivity contribution in [3.63, 3.8) is 0 Å². The normalized spacial score (nSPS) is 11.4. The van der Waals surface area contributed by atoms with Crippen LogP contribution in [0.15, 0.2) is 47.7 Å². The summed E-state index contributed by atoms with van der Waals surface area (Å²) in [4.78, 5) is 21.1. The average Bonchev–Trinajstić information content (AvgIpc) is 2.96. The molecule has 108 valence electrons. The molecule has 0 radical (unpaired) electrons. The molecule has 3 heterocycles. The summed E-state index contributed by atoms with van der Waals surface area (Å²) in [6.45, 7) is 1.73. The topological polar surface area (TPSA) is 65.1 Å². The van der Waals surface area contributed by atoms with Gasteiger partial charge in [0.05, 0.1) is 22.3 Å². The first-order valence-electron chi connectivity index (χ1n) is 6.63. The highest BCUT2D eigenvalue weighted by Crippen LogP contribution is 2.16. The van der Waals surface area contributed by atoms with E-state index in [0.717, 1.165) is 0 Å². The van der Waals surface area contributed by atoms with Crippen LogP contribution in [0.4, 0.5) is 4.39 Å². The van der Waals surface area contributed by atoms with Crippen molar-refractivity contribution in [2.45, 2.75) is 6.92 Å². The van der Waals surface area contributed by atoms with Crippen molar-refractivity contribution in [1.82, 2.24) is 24.1 Å². The Kier molecular flexibility index (Phi) is 2.56. The molecule has 0 aliphatic heterocycles. The van der Waals surface area contributed by atoms with Gasteiger partial charge in [0.25, 0.3) is 11.3 Å². The van der Waals surface area contributed by atoms with Gasteiger partial charge in [-0.3, -0.25) is 9.36 Å². The standard InChI is InChI=1S/C15H10FN5O/c1-9-13-12(21-15(19-9)17-8-18-21)6-7-20(14(13)22)11-5-3-2-4-10(11)16/h2-8H,1H3. The van der Waals surface area contributed by atoms with Gasteiger partial charge in [-0.15, -0.1) is 0 Å². The third kappa shape index (κ3) is 1.65. The SMILES string of the molecule is Cc1nc2ncnn2c2ccn(-c3ccccc3F)c(=O)c12. The van der Waals surface area contributed by atoms with Gasteiger partial charge in [0.1, 0.15) is 12.1 Å². The summed E-state index contributed by atoms with van der Waals surface area (Å²) in [7, 11) is 0. The molecule has 0 saturated heterocycles. The molecule has 1 aromatic carbocycles. The van der Waals surface area contributed by atoms with Crippen molar-refractivity contribution in [3.8, 4) is 5.69 Å². The molecular weight excluding hydrogens is 285 g/mol. The molecule has 4 aromatic rings. The van der Waals surface area contributed by atoms with Crippen LogP contribution in [-0.4, -0.2) is 24.1 Å². The van der Waals surface area contributed by atoms with E-state index < -0.39 is 5.82 Å². The summed E-state index contributed by atoms with van der Waals surface area (Å²) >= 11 is 0. The molecule has 22 heavy (non-hydrogen) atoms. The number of hydrogen-bond donors (Lipinski definition) is 0. The Labute approximate surface area is 123 Å². The summed E-state index contributed by atoms with van der Waals surface area (Å²) in [6, 6.07) is 7.84. The van der Waals surface area contributed by atoms with Crippen LogP contribution in [0, 0.1) is 12.7 Å². The second kappa shape index (κ2) is 4.45. The first kappa shape index (κ1) is 12.6. The quantitative estimate of drug-likeness (QED) is 0.538. The lowest BCUT2D eigenvalue weighted by molar-refractivity contribution is 0.616. The highest BCUT2D eigenvalue weighted by Gasteiger charge is 2.14. The molecule has 4 rings (SSSR count). The Bertz CT molecular complexity index is 1080. The molecule has 0 aliphatic carbocycles. The molecular formula is C15H10FN5O. The number of pyridine rings is 1. The molecule has 0 N–H and O–H groups in total. The van der Waals surface area contributed by atoms with Gasteiger partial charge >= 0.3 is 0 Å². The van der Waals surface area contributed by atoms with E-state index in [4.69, 9.17) is 0 Å². The monoisotopic (exact) mass is 295 g/mol. The summed E-state index contributed by atoms with van der Waals surface area (Å²) in [6.07, 6.45) is 2.91. The molecule has 3 aromatic heterocycles. The van der Waals surface area contributed by atoms with Crippen LogP contribution in [0.2, 0.25) is 0 Å². The summed E-state index contributed by atoms with van der Waals surface area (Å²) in [5.41, 5.74) is 0.987. The van der Waals surface area contributed by atoms with Gasteiger partial charge in [-0.05, 0) is 25.1 Å². The number of benzene rings is 1. The summed E-state index contributed by atoms with van der Waals surface area (Å²) in [5, 5.41) is 4.46. The Hall–Kier alpha value is -3.09. The molecule has 0 aliphatic rings. The van der Waals surface area contributed by atoms with Crippen LogP contribution >= 0.6 is 0 Å². The molecule has 6 nitrogen and oxygen atoms in total. The van der Waals surface area contributed by atoms with Gasteiger partial charge in [0.2, 0.25) is 0 Å². The van der Waals surface area contributed by atoms with Gasteiger partial charge in [0.15, 0.2) is 0 Å². The molecule has 0 unspecified atom stereocenters. The Balaban J connectivity index is 2.15. The number of hydrogen-bond acceptors (Lipinski definition) is 4. The fraction of sp³-hybridized carbons (Fsp3) is 0.0667. The first-order valence-corrected chi connectivity index (χ1v) is 6.63. The van der Waals surface area contributed by atoms with Gasteiger partial charge in [0, 0.05) is 6.20 Å². The molecule has 0 atom stereocenters. The van der Waals surface area contributed by atoms with Crippen molar-refractivity contribution < 1.29 is 4.39 Å². The van der Waals surface area contributed by atoms with Crippen molar-refractivity contribution >= 4 is 16.7 Å². The summed E-state index contributed by atoms with van der Waals surface area (Å²) in [5.74, 6) is -0.0376. The number of halogens is 1. The minimum atomic E-state index is -0.462. The van der Waals surface area contributed by atoms with Gasteiger partial charge in [-0.1, -0.05) is 12.1 Å². The Morgan fingerprint density at radius 2 is 2.00 bits per heavy atom. The van der Waals surface area contributed by atoms with E-state index in [2.05, 4.69) is 15.1 Å². The van der Waals surface area contributed by atoms with Crippen LogP contribution in [-0.2, 0) is 0 Å². The third-order valence-corrected chi connectivity index (χ3v) is 3.57. The second-order valence-corrected chi connectivity index (χ2v) is 4.87. The van der Waals surface area contributed by atoms with Crippen LogP contribution in [0.3, 0.4) is 0 Å². The highest BCUT2D eigenvalue weighted by molar-refractivity contribution is 5.82. The number of rotatable bonds is 1. The highest BCUT2D eigenvalue weighted by atomic mass is 19.1. The van der Waals surface area contributed by atoms with Crippen LogP contribution in [0.5, 0.6) is 0 Å². The van der Waals surface area contributed by atoms with Crippen LogP contribution in [0.25, 0.3) is 22.4 Å². The molecule has 0 spiro atoms. The zero-order chi connectivity index (χ0) is 15.3. The molecule has 0 saturated carbocycles. The maximum Gasteiger partial charge on any atom is 0.266 e. The second-order valence-electron chi connectivity index (χ2n) is 4.87. The van der Waals surface area contributed by atoms with Crippen molar-refractivity contribution in [2.75, 3.05) is 0 Å². The Morgan fingerprint density at radius 1 is 1.18 bits per heavy atom. The number of fused-ring (bicyclic) bond motifs is 3. The zero-order valence-electron chi connectivity index (χ0n) is 11.6. The first-order chi connectivity index (χ1) is 10.7. The molecule has 7 heteroatoms. The lowest BCUT2D eigenvalue weighted by atomic mass is 10.2. The fourth-order valence-electron chi connectivity index (χ4n) is 2.57. The average molecular weight is 295 g/mol. The van der Waals surface area contributed by atoms with E-state index in [0.29, 0.717) is 22.4 Å². The van der Waals surface area contributed by atoms with Gasteiger partial charge in [-0.2, -0.15) is 14.6 Å². The largest absolute Gasteiger partial charge is 0.281 e. The minimum Gasteiger partial charge on any atom is -0.281 e. The van der Waals surface area contributed by atoms with Gasteiger partial charge in [-0.25, -0.2) is 9.37 Å². The molecule has 0 amide bonds. The van der Waals surface area contributed by atoms with E-state index in [1.54, 1.807) is 31.2 Å². The number of para-hydroxylation sites is 1. The molecule has 0 bridgehead atoms. The summed E-state index contributed by atoms with van der Waals surface area (Å²) < 4.78 is 16.7. The van der Waals surface area contributed by atoms with Crippen molar-refractivity contribution in [1.29, 1.82) is 0 Å². The van der Waals surface area contributed by atoms with Crippen molar-refractivity contribution in [3.05, 3.63) is 64.7 Å². The predicted octanol–water partition coefficient (Wildman–Crippen LogP) is 1.88.